The van der Waals surface area contributed by atoms with Gasteiger partial charge in [-0.15, -0.1) is 0 Å². The SMILES string of the molecule is CSCCC(N)C(=O)NC(CC(=O)O)C(=O)NC(CCC(N)=O)C(=O)NC(CC(C)C)C(=O)O. The molecule has 14 heteroatoms. The van der Waals surface area contributed by atoms with Crippen molar-refractivity contribution in [2.24, 2.45) is 17.4 Å². The monoisotopic (exact) mass is 505 g/mol. The molecule has 0 saturated carbocycles. The van der Waals surface area contributed by atoms with Gasteiger partial charge in [0.05, 0.1) is 12.5 Å². The molecule has 0 aliphatic carbocycles. The van der Waals surface area contributed by atoms with Crippen molar-refractivity contribution < 1.29 is 39.0 Å². The third-order valence-corrected chi connectivity index (χ3v) is 5.26. The number of nitrogens with two attached hydrogens (primary N) is 2. The van der Waals surface area contributed by atoms with Crippen LogP contribution in [-0.4, -0.2) is 82.0 Å². The van der Waals surface area contributed by atoms with Gasteiger partial charge in [-0.3, -0.25) is 24.0 Å². The highest BCUT2D eigenvalue weighted by Gasteiger charge is 2.31. The molecular formula is C20H35N5O8S. The molecule has 0 aliphatic heterocycles. The smallest absolute Gasteiger partial charge is 0.326 e. The Kier molecular flexibility index (Phi) is 14.5. The summed E-state index contributed by atoms with van der Waals surface area (Å²) in [6, 6.07) is -5.17. The number of aliphatic carboxylic acids is 2. The fourth-order valence-corrected chi connectivity index (χ4v) is 3.32. The van der Waals surface area contributed by atoms with Crippen molar-refractivity contribution in [2.75, 3.05) is 12.0 Å². The summed E-state index contributed by atoms with van der Waals surface area (Å²) in [5, 5.41) is 25.4. The highest BCUT2D eigenvalue weighted by molar-refractivity contribution is 7.98. The normalized spacial score (nSPS) is 14.4. The molecule has 0 aliphatic rings. The third-order valence-electron chi connectivity index (χ3n) is 4.62. The lowest BCUT2D eigenvalue weighted by atomic mass is 10.0. The Morgan fingerprint density at radius 3 is 1.85 bits per heavy atom. The maximum Gasteiger partial charge on any atom is 0.326 e. The van der Waals surface area contributed by atoms with Crippen LogP contribution in [0.15, 0.2) is 0 Å². The van der Waals surface area contributed by atoms with Crippen LogP contribution in [0.5, 0.6) is 0 Å². The molecule has 0 bridgehead atoms. The third kappa shape index (κ3) is 13.0. The van der Waals surface area contributed by atoms with Gasteiger partial charge in [0.1, 0.15) is 18.1 Å². The molecule has 0 heterocycles. The van der Waals surface area contributed by atoms with Crippen LogP contribution in [0.2, 0.25) is 0 Å². The zero-order chi connectivity index (χ0) is 26.4. The van der Waals surface area contributed by atoms with Crippen molar-refractivity contribution in [3.63, 3.8) is 0 Å². The first-order valence-corrected chi connectivity index (χ1v) is 12.1. The van der Waals surface area contributed by atoms with E-state index in [9.17, 15) is 33.9 Å². The predicted octanol–water partition coefficient (Wildman–Crippen LogP) is -1.61. The van der Waals surface area contributed by atoms with Gasteiger partial charge in [-0.1, -0.05) is 13.8 Å². The first-order chi connectivity index (χ1) is 15.8. The maximum atomic E-state index is 12.8. The van der Waals surface area contributed by atoms with E-state index in [4.69, 9.17) is 16.6 Å². The quantitative estimate of drug-likeness (QED) is 0.119. The van der Waals surface area contributed by atoms with Crippen LogP contribution < -0.4 is 27.4 Å². The summed E-state index contributed by atoms with van der Waals surface area (Å²) in [7, 11) is 0. The van der Waals surface area contributed by atoms with Gasteiger partial charge in [0.25, 0.3) is 0 Å². The van der Waals surface area contributed by atoms with Crippen molar-refractivity contribution in [1.29, 1.82) is 0 Å². The zero-order valence-electron chi connectivity index (χ0n) is 19.5. The highest BCUT2D eigenvalue weighted by atomic mass is 32.2. The van der Waals surface area contributed by atoms with Crippen LogP contribution in [0.1, 0.15) is 46.0 Å². The molecular weight excluding hydrogens is 470 g/mol. The van der Waals surface area contributed by atoms with Gasteiger partial charge in [0, 0.05) is 6.42 Å². The van der Waals surface area contributed by atoms with E-state index in [1.807, 2.05) is 6.26 Å². The Morgan fingerprint density at radius 1 is 0.853 bits per heavy atom. The number of primary amides is 1. The van der Waals surface area contributed by atoms with Crippen LogP contribution >= 0.6 is 11.8 Å². The van der Waals surface area contributed by atoms with Gasteiger partial charge in [-0.05, 0) is 37.2 Å². The predicted molar refractivity (Wildman–Crippen MR) is 125 cm³/mol. The van der Waals surface area contributed by atoms with E-state index < -0.39 is 66.2 Å². The van der Waals surface area contributed by atoms with E-state index in [-0.39, 0.29) is 25.2 Å². The van der Waals surface area contributed by atoms with Crippen molar-refractivity contribution in [2.45, 2.75) is 70.1 Å². The number of nitrogens with one attached hydrogen (secondary N) is 3. The highest BCUT2D eigenvalue weighted by Crippen LogP contribution is 2.08. The van der Waals surface area contributed by atoms with Crippen molar-refractivity contribution >= 4 is 47.3 Å². The number of hydrogen-bond donors (Lipinski definition) is 7. The lowest BCUT2D eigenvalue weighted by Gasteiger charge is -2.25. The van der Waals surface area contributed by atoms with Gasteiger partial charge in [0.2, 0.25) is 23.6 Å². The number of carbonyl (C=O) groups excluding carboxylic acids is 4. The zero-order valence-corrected chi connectivity index (χ0v) is 20.4. The van der Waals surface area contributed by atoms with Crippen LogP contribution in [0.4, 0.5) is 0 Å². The minimum absolute atomic E-state index is 0.0643. The molecule has 4 amide bonds. The van der Waals surface area contributed by atoms with E-state index in [1.54, 1.807) is 13.8 Å². The number of rotatable bonds is 17. The van der Waals surface area contributed by atoms with E-state index >= 15 is 0 Å². The molecule has 0 saturated heterocycles. The second kappa shape index (κ2) is 15.9. The summed E-state index contributed by atoms with van der Waals surface area (Å²) in [5.41, 5.74) is 10.9. The number of carbonyl (C=O) groups is 6. The van der Waals surface area contributed by atoms with E-state index in [2.05, 4.69) is 16.0 Å². The lowest BCUT2D eigenvalue weighted by molar-refractivity contribution is -0.143. The van der Waals surface area contributed by atoms with Crippen LogP contribution in [0, 0.1) is 5.92 Å². The molecule has 0 aromatic heterocycles. The number of carboxylic acid groups (broad SMARTS) is 2. The molecule has 13 nitrogen and oxygen atoms in total. The van der Waals surface area contributed by atoms with Gasteiger partial charge in [-0.25, -0.2) is 4.79 Å². The fraction of sp³-hybridized carbons (Fsp3) is 0.700. The summed E-state index contributed by atoms with van der Waals surface area (Å²) >= 11 is 1.46. The first kappa shape index (κ1) is 31.1. The van der Waals surface area contributed by atoms with Crippen molar-refractivity contribution in [3.8, 4) is 0 Å². The number of amides is 4. The van der Waals surface area contributed by atoms with E-state index in [0.29, 0.717) is 12.2 Å². The largest absolute Gasteiger partial charge is 0.481 e. The molecule has 4 atom stereocenters. The van der Waals surface area contributed by atoms with Gasteiger partial charge in [-0.2, -0.15) is 11.8 Å². The summed E-state index contributed by atoms with van der Waals surface area (Å²) in [6.07, 6.45) is 0.867. The minimum atomic E-state index is -1.56. The number of carboxylic acids is 2. The van der Waals surface area contributed by atoms with Crippen molar-refractivity contribution in [3.05, 3.63) is 0 Å². The molecule has 9 N–H and O–H groups in total. The first-order valence-electron chi connectivity index (χ1n) is 10.7. The molecule has 194 valence electrons. The Balaban J connectivity index is 5.55. The van der Waals surface area contributed by atoms with E-state index in [0.717, 1.165) is 0 Å². The molecule has 0 aromatic carbocycles. The molecule has 0 fully saturated rings. The molecule has 4 unspecified atom stereocenters. The summed E-state index contributed by atoms with van der Waals surface area (Å²) < 4.78 is 0. The second-order valence-electron chi connectivity index (χ2n) is 8.14. The number of hydrogen-bond acceptors (Lipinski definition) is 8. The topological polar surface area (TPSA) is 231 Å². The maximum absolute atomic E-state index is 12.8. The molecule has 0 spiro atoms. The Hall–Kier alpha value is -2.87. The fourth-order valence-electron chi connectivity index (χ4n) is 2.83. The van der Waals surface area contributed by atoms with Crippen LogP contribution in [-0.2, 0) is 28.8 Å². The Bertz CT molecular complexity index is 748. The summed E-state index contributed by atoms with van der Waals surface area (Å²) in [4.78, 5) is 71.7. The van der Waals surface area contributed by atoms with Crippen LogP contribution in [0.3, 0.4) is 0 Å². The number of thioether (sulfide) groups is 1. The minimum Gasteiger partial charge on any atom is -0.481 e. The standard InChI is InChI=1S/C20H35N5O8S/c1-10(2)8-14(20(32)33)25-18(30)12(4-5-15(22)26)23-19(31)13(9-16(27)28)24-17(29)11(21)6-7-34-3/h10-14H,4-9,21H2,1-3H3,(H2,22,26)(H,23,31)(H,24,29)(H,25,30)(H,27,28)(H,32,33). The average Bonchev–Trinajstić information content (AvgIpc) is 2.72. The molecule has 0 aromatic rings. The molecule has 0 radical (unpaired) electrons. The van der Waals surface area contributed by atoms with Crippen molar-refractivity contribution in [1.82, 2.24) is 16.0 Å². The molecule has 34 heavy (non-hydrogen) atoms. The second-order valence-corrected chi connectivity index (χ2v) is 9.13. The van der Waals surface area contributed by atoms with Crippen LogP contribution in [0.25, 0.3) is 0 Å². The molecule has 0 rings (SSSR count). The summed E-state index contributed by atoms with van der Waals surface area (Å²) in [5.74, 6) is -5.56. The Labute approximate surface area is 202 Å². The van der Waals surface area contributed by atoms with E-state index in [1.165, 1.54) is 11.8 Å². The van der Waals surface area contributed by atoms with Gasteiger partial charge in [0.15, 0.2) is 0 Å². The van der Waals surface area contributed by atoms with Gasteiger partial charge < -0.3 is 37.6 Å². The lowest BCUT2D eigenvalue weighted by Crippen LogP contribution is -2.57. The average molecular weight is 506 g/mol. The summed E-state index contributed by atoms with van der Waals surface area (Å²) in [6.45, 7) is 3.52. The van der Waals surface area contributed by atoms with Gasteiger partial charge >= 0.3 is 11.9 Å². The Morgan fingerprint density at radius 2 is 1.38 bits per heavy atom.